The quantitative estimate of drug-likeness (QED) is 0.369. The average Bonchev–Trinajstić information content (AvgIpc) is 1.87. The minimum atomic E-state index is -0.717. The highest BCUT2D eigenvalue weighted by atomic mass is 16.4. The number of rotatable bonds is 6. The first-order valence-corrected chi connectivity index (χ1v) is 3.60. The Bertz CT molecular complexity index is 95.7. The van der Waals surface area contributed by atoms with E-state index in [9.17, 15) is 4.79 Å². The zero-order valence-electron chi connectivity index (χ0n) is 6.18. The molecule has 0 fully saturated rings. The number of quaternary nitrogens is 2. The van der Waals surface area contributed by atoms with Gasteiger partial charge in [-0.05, 0) is 0 Å². The van der Waals surface area contributed by atoms with Gasteiger partial charge in [0.05, 0.1) is 26.1 Å². The summed E-state index contributed by atoms with van der Waals surface area (Å²) in [5, 5.41) is 10.3. The summed E-state index contributed by atoms with van der Waals surface area (Å²) in [4.78, 5) is 10.00. The van der Waals surface area contributed by atoms with E-state index in [-0.39, 0.29) is 6.42 Å². The molecule has 0 amide bonds. The summed E-state index contributed by atoms with van der Waals surface area (Å²) < 4.78 is 0. The molecule has 0 aliphatic heterocycles. The molecule has 0 saturated carbocycles. The molecular weight excluding hydrogens is 132 g/mol. The molecule has 0 radical (unpaired) electrons. The largest absolute Gasteiger partial charge is 0.481 e. The van der Waals surface area contributed by atoms with E-state index in [0.29, 0.717) is 6.54 Å². The van der Waals surface area contributed by atoms with Gasteiger partial charge in [0.15, 0.2) is 0 Å². The highest BCUT2D eigenvalue weighted by Gasteiger charge is 1.96. The minimum Gasteiger partial charge on any atom is -0.481 e. The summed E-state index contributed by atoms with van der Waals surface area (Å²) >= 11 is 0. The maximum Gasteiger partial charge on any atom is 0.309 e. The van der Waals surface area contributed by atoms with Crippen LogP contribution in [0.4, 0.5) is 0 Å². The van der Waals surface area contributed by atoms with Gasteiger partial charge in [0.1, 0.15) is 0 Å². The van der Waals surface area contributed by atoms with Crippen molar-refractivity contribution in [2.24, 2.45) is 0 Å². The van der Waals surface area contributed by atoms with Gasteiger partial charge in [0.2, 0.25) is 0 Å². The van der Waals surface area contributed by atoms with Crippen molar-refractivity contribution in [3.05, 3.63) is 0 Å². The summed E-state index contributed by atoms with van der Waals surface area (Å²) in [6.45, 7) is 2.62. The van der Waals surface area contributed by atoms with Gasteiger partial charge in [-0.25, -0.2) is 0 Å². The van der Waals surface area contributed by atoms with Crippen molar-refractivity contribution in [3.63, 3.8) is 0 Å². The van der Waals surface area contributed by atoms with Gasteiger partial charge in [-0.1, -0.05) is 0 Å². The first kappa shape index (κ1) is 9.39. The minimum absolute atomic E-state index is 0.261. The molecule has 4 nitrogen and oxygen atoms in total. The lowest BCUT2D eigenvalue weighted by molar-refractivity contribution is -0.656. The van der Waals surface area contributed by atoms with Crippen LogP contribution in [0.25, 0.3) is 0 Å². The second kappa shape index (κ2) is 6.51. The molecule has 6 N–H and O–H groups in total. The summed E-state index contributed by atoms with van der Waals surface area (Å²) in [5.74, 6) is -0.717. The van der Waals surface area contributed by atoms with Crippen LogP contribution < -0.4 is 11.1 Å². The van der Waals surface area contributed by atoms with Gasteiger partial charge in [-0.3, -0.25) is 4.79 Å². The number of carboxylic acids is 1. The molecule has 0 aliphatic carbocycles. The first-order chi connectivity index (χ1) is 4.77. The lowest BCUT2D eigenvalue weighted by Crippen LogP contribution is -2.85. The standard InChI is InChI=1S/C6H14N2O2/c7-3-1-4-8-5-2-6(9)10/h8H,1-5,7H2,(H,9,10)/p+2. The molecule has 0 unspecified atom stereocenters. The number of nitrogens with two attached hydrogens (primary N) is 1. The summed E-state index contributed by atoms with van der Waals surface area (Å²) in [5.41, 5.74) is 3.68. The van der Waals surface area contributed by atoms with E-state index in [2.05, 4.69) is 5.73 Å². The highest BCUT2D eigenvalue weighted by Crippen LogP contribution is 1.68. The van der Waals surface area contributed by atoms with Crippen LogP contribution in [0.1, 0.15) is 12.8 Å². The molecular formula is C6H16N2O2+2. The van der Waals surface area contributed by atoms with Crippen molar-refractivity contribution in [2.75, 3.05) is 19.6 Å². The molecule has 0 aromatic heterocycles. The lowest BCUT2D eigenvalue weighted by atomic mass is 10.4. The van der Waals surface area contributed by atoms with Crippen LogP contribution in [0.5, 0.6) is 0 Å². The third kappa shape index (κ3) is 7.39. The second-order valence-electron chi connectivity index (χ2n) is 2.22. The molecule has 0 spiro atoms. The third-order valence-corrected chi connectivity index (χ3v) is 1.22. The Morgan fingerprint density at radius 2 is 2.20 bits per heavy atom. The number of hydrogen-bond donors (Lipinski definition) is 3. The normalized spacial score (nSPS) is 9.70. The Balaban J connectivity index is 2.84. The Kier molecular flexibility index (Phi) is 6.11. The smallest absolute Gasteiger partial charge is 0.309 e. The first-order valence-electron chi connectivity index (χ1n) is 3.60. The topological polar surface area (TPSA) is 81.5 Å². The van der Waals surface area contributed by atoms with Crippen LogP contribution in [0.3, 0.4) is 0 Å². The van der Waals surface area contributed by atoms with Gasteiger partial charge < -0.3 is 16.2 Å². The predicted octanol–water partition coefficient (Wildman–Crippen LogP) is -2.34. The van der Waals surface area contributed by atoms with Gasteiger partial charge in [0.25, 0.3) is 0 Å². The SMILES string of the molecule is [NH3+]CCC[NH2+]CCC(=O)O. The molecule has 0 bridgehead atoms. The van der Waals surface area contributed by atoms with E-state index in [0.717, 1.165) is 19.5 Å². The van der Waals surface area contributed by atoms with Gasteiger partial charge in [0, 0.05) is 6.42 Å². The molecule has 0 heterocycles. The molecule has 0 aliphatic rings. The van der Waals surface area contributed by atoms with Crippen molar-refractivity contribution >= 4 is 5.97 Å². The number of hydrogen-bond acceptors (Lipinski definition) is 1. The van der Waals surface area contributed by atoms with E-state index < -0.39 is 5.97 Å². The Labute approximate surface area is 60.4 Å². The Hall–Kier alpha value is -0.610. The van der Waals surface area contributed by atoms with E-state index in [1.165, 1.54) is 0 Å². The van der Waals surface area contributed by atoms with E-state index in [1.54, 1.807) is 0 Å². The highest BCUT2D eigenvalue weighted by molar-refractivity contribution is 5.66. The van der Waals surface area contributed by atoms with E-state index in [1.807, 2.05) is 5.32 Å². The molecule has 4 heteroatoms. The van der Waals surface area contributed by atoms with Crippen molar-refractivity contribution < 1.29 is 21.0 Å². The lowest BCUT2D eigenvalue weighted by Gasteiger charge is -1.95. The third-order valence-electron chi connectivity index (χ3n) is 1.22. The molecule has 0 rings (SSSR count). The Morgan fingerprint density at radius 3 is 2.70 bits per heavy atom. The Morgan fingerprint density at radius 1 is 1.50 bits per heavy atom. The molecule has 0 atom stereocenters. The van der Waals surface area contributed by atoms with Crippen molar-refractivity contribution in [1.29, 1.82) is 0 Å². The monoisotopic (exact) mass is 148 g/mol. The van der Waals surface area contributed by atoms with E-state index in [4.69, 9.17) is 5.11 Å². The predicted molar refractivity (Wildman–Crippen MR) is 36.3 cm³/mol. The molecule has 0 aromatic rings. The zero-order valence-corrected chi connectivity index (χ0v) is 6.18. The van der Waals surface area contributed by atoms with Gasteiger partial charge in [-0.15, -0.1) is 0 Å². The fraction of sp³-hybridized carbons (Fsp3) is 0.833. The van der Waals surface area contributed by atoms with Crippen LogP contribution in [0.15, 0.2) is 0 Å². The maximum absolute atomic E-state index is 10.00. The average molecular weight is 148 g/mol. The number of carbonyl (C=O) groups is 1. The maximum atomic E-state index is 10.00. The summed E-state index contributed by atoms with van der Waals surface area (Å²) in [7, 11) is 0. The number of carboxylic acid groups (broad SMARTS) is 1. The van der Waals surface area contributed by atoms with Crippen molar-refractivity contribution in [1.82, 2.24) is 0 Å². The zero-order chi connectivity index (χ0) is 7.82. The van der Waals surface area contributed by atoms with Crippen molar-refractivity contribution in [3.8, 4) is 0 Å². The molecule has 60 valence electrons. The van der Waals surface area contributed by atoms with Crippen LogP contribution in [-0.2, 0) is 4.79 Å². The van der Waals surface area contributed by atoms with Crippen LogP contribution in [-0.4, -0.2) is 30.7 Å². The van der Waals surface area contributed by atoms with Crippen molar-refractivity contribution in [2.45, 2.75) is 12.8 Å². The number of aliphatic carboxylic acids is 1. The van der Waals surface area contributed by atoms with Crippen LogP contribution in [0, 0.1) is 0 Å². The fourth-order valence-corrected chi connectivity index (χ4v) is 0.659. The molecule has 0 saturated heterocycles. The van der Waals surface area contributed by atoms with Gasteiger partial charge >= 0.3 is 5.97 Å². The fourth-order valence-electron chi connectivity index (χ4n) is 0.659. The van der Waals surface area contributed by atoms with E-state index >= 15 is 0 Å². The van der Waals surface area contributed by atoms with Crippen LogP contribution in [0.2, 0.25) is 0 Å². The van der Waals surface area contributed by atoms with Crippen LogP contribution >= 0.6 is 0 Å². The second-order valence-corrected chi connectivity index (χ2v) is 2.22. The molecule has 0 aromatic carbocycles. The molecule has 10 heavy (non-hydrogen) atoms. The van der Waals surface area contributed by atoms with Gasteiger partial charge in [-0.2, -0.15) is 0 Å². The summed E-state index contributed by atoms with van der Waals surface area (Å²) in [6.07, 6.45) is 1.33. The summed E-state index contributed by atoms with van der Waals surface area (Å²) in [6, 6.07) is 0.